The molecule has 0 spiro atoms. The number of para-hydroxylation sites is 2. The highest BCUT2D eigenvalue weighted by atomic mass is 35.5. The highest BCUT2D eigenvalue weighted by molar-refractivity contribution is 6.15. The molecule has 3 rings (SSSR count). The maximum absolute atomic E-state index is 6.11. The smallest absolute Gasteiger partial charge is 0.160 e. The molecule has 0 aromatic heterocycles. The van der Waals surface area contributed by atoms with Gasteiger partial charge in [0.2, 0.25) is 0 Å². The highest BCUT2D eigenvalue weighted by Crippen LogP contribution is 2.20. The highest BCUT2D eigenvalue weighted by Gasteiger charge is 2.18. The summed E-state index contributed by atoms with van der Waals surface area (Å²) in [6.45, 7) is 0. The maximum Gasteiger partial charge on any atom is 0.160 e. The fraction of sp³-hybridized carbons (Fsp3) is 0.118. The molecule has 0 unspecified atom stereocenters. The summed E-state index contributed by atoms with van der Waals surface area (Å²) < 4.78 is 1.20. The largest absolute Gasteiger partial charge is 0.330 e. The zero-order chi connectivity index (χ0) is 16.2. The summed E-state index contributed by atoms with van der Waals surface area (Å²) in [5.74, 6) is 1.57. The van der Waals surface area contributed by atoms with E-state index >= 15 is 0 Å². The number of likely N-dealkylation sites (N-methyl/N-ethyl adjacent to an activating group) is 1. The normalized spacial score (nSPS) is 13.8. The molecule has 0 aliphatic carbocycles. The van der Waals surface area contributed by atoms with E-state index in [2.05, 4.69) is 10.5 Å². The number of benzene rings is 2. The van der Waals surface area contributed by atoms with Crippen LogP contribution in [0.3, 0.4) is 0 Å². The first-order chi connectivity index (χ1) is 11.1. The van der Waals surface area contributed by atoms with Gasteiger partial charge in [0.15, 0.2) is 5.84 Å². The number of amidine groups is 1. The quantitative estimate of drug-likeness (QED) is 0.876. The van der Waals surface area contributed by atoms with E-state index in [1.807, 2.05) is 90.6 Å². The van der Waals surface area contributed by atoms with Crippen LogP contribution in [-0.4, -0.2) is 24.6 Å². The molecule has 6 heteroatoms. The number of hydrogen-bond donors (Lipinski definition) is 1. The summed E-state index contributed by atoms with van der Waals surface area (Å²) in [7, 11) is 3.94. The Morgan fingerprint density at radius 1 is 0.870 bits per heavy atom. The van der Waals surface area contributed by atoms with Crippen LogP contribution in [0.25, 0.3) is 0 Å². The summed E-state index contributed by atoms with van der Waals surface area (Å²) in [4.78, 5) is 4.00. The van der Waals surface area contributed by atoms with Gasteiger partial charge in [-0.1, -0.05) is 36.4 Å². The first-order valence-electron chi connectivity index (χ1n) is 7.25. The Balaban J connectivity index is 1.88. The molecule has 118 valence electrons. The van der Waals surface area contributed by atoms with Gasteiger partial charge in [0.25, 0.3) is 0 Å². The molecule has 1 aliphatic rings. The number of hydrazone groups is 1. The lowest BCUT2D eigenvalue weighted by Crippen LogP contribution is -2.41. The predicted molar refractivity (Wildman–Crippen MR) is 96.0 cm³/mol. The fourth-order valence-corrected chi connectivity index (χ4v) is 2.47. The summed E-state index contributed by atoms with van der Waals surface area (Å²) >= 11 is 6.11. The number of nitrogens with one attached hydrogen (secondary N) is 1. The molecule has 5 nitrogen and oxygen atoms in total. The minimum atomic E-state index is 0.739. The van der Waals surface area contributed by atoms with Gasteiger partial charge in [-0.2, -0.15) is 0 Å². The van der Waals surface area contributed by atoms with Crippen molar-refractivity contribution in [3.8, 4) is 0 Å². The predicted octanol–water partition coefficient (Wildman–Crippen LogP) is 3.39. The molecule has 0 amide bonds. The summed E-state index contributed by atoms with van der Waals surface area (Å²) in [6, 6.07) is 20.1. The van der Waals surface area contributed by atoms with Crippen molar-refractivity contribution in [3.63, 3.8) is 0 Å². The molecule has 0 atom stereocenters. The van der Waals surface area contributed by atoms with E-state index in [9.17, 15) is 0 Å². The second-order valence-electron chi connectivity index (χ2n) is 5.15. The number of rotatable bonds is 3. The van der Waals surface area contributed by atoms with Crippen molar-refractivity contribution in [3.05, 3.63) is 72.6 Å². The molecule has 0 saturated heterocycles. The van der Waals surface area contributed by atoms with E-state index in [-0.39, 0.29) is 0 Å². The van der Waals surface area contributed by atoms with Gasteiger partial charge >= 0.3 is 0 Å². The average molecular weight is 328 g/mol. The van der Waals surface area contributed by atoms with Gasteiger partial charge < -0.3 is 9.80 Å². The Morgan fingerprint density at radius 2 is 1.39 bits per heavy atom. The maximum atomic E-state index is 6.11. The van der Waals surface area contributed by atoms with E-state index in [1.165, 1.54) is 4.64 Å². The summed E-state index contributed by atoms with van der Waals surface area (Å²) in [5, 5.41) is 4.31. The van der Waals surface area contributed by atoms with Crippen molar-refractivity contribution in [2.75, 3.05) is 23.9 Å². The second-order valence-corrected chi connectivity index (χ2v) is 5.47. The zero-order valence-electron chi connectivity index (χ0n) is 13.0. The molecule has 2 aromatic rings. The van der Waals surface area contributed by atoms with E-state index in [4.69, 9.17) is 11.8 Å². The van der Waals surface area contributed by atoms with Gasteiger partial charge in [0, 0.05) is 31.5 Å². The van der Waals surface area contributed by atoms with Crippen LogP contribution in [0.2, 0.25) is 0 Å². The molecule has 2 aromatic carbocycles. The third kappa shape index (κ3) is 3.40. The van der Waals surface area contributed by atoms with Gasteiger partial charge in [-0.3, -0.25) is 5.43 Å². The monoisotopic (exact) mass is 327 g/mol. The van der Waals surface area contributed by atoms with Crippen LogP contribution in [0, 0.1) is 0 Å². The van der Waals surface area contributed by atoms with Crippen molar-refractivity contribution in [1.82, 2.24) is 10.1 Å². The molecule has 1 heterocycles. The van der Waals surface area contributed by atoms with Gasteiger partial charge in [0.05, 0.1) is 11.8 Å². The Hall–Kier alpha value is -2.66. The van der Waals surface area contributed by atoms with Crippen molar-refractivity contribution in [2.45, 2.75) is 0 Å². The van der Waals surface area contributed by atoms with Crippen LogP contribution in [0.15, 0.2) is 77.7 Å². The van der Waals surface area contributed by atoms with E-state index < -0.39 is 0 Å². The molecule has 23 heavy (non-hydrogen) atoms. The number of halogens is 1. The Morgan fingerprint density at radius 3 is 1.96 bits per heavy atom. The zero-order valence-corrected chi connectivity index (χ0v) is 13.8. The lowest BCUT2D eigenvalue weighted by atomic mass is 10.2. The first kappa shape index (κ1) is 15.2. The molecule has 0 saturated carbocycles. The third-order valence-corrected chi connectivity index (χ3v) is 3.81. The Labute approximate surface area is 141 Å². The van der Waals surface area contributed by atoms with Gasteiger partial charge in [-0.25, -0.2) is 0 Å². The van der Waals surface area contributed by atoms with E-state index in [0.717, 1.165) is 23.0 Å². The lowest BCUT2D eigenvalue weighted by Gasteiger charge is -2.31. The standard InChI is InChI=1S/C17H18ClN5/c1-21(14-9-5-3-6-10-14)16-13-17(20-23(18)19-16)22(2)15-11-7-4-8-12-15/h3-13,19H,1-2H3. The number of hydrazine groups is 1. The van der Waals surface area contributed by atoms with Crippen molar-refractivity contribution >= 4 is 29.0 Å². The molecular weight excluding hydrogens is 310 g/mol. The summed E-state index contributed by atoms with van der Waals surface area (Å²) in [5.41, 5.74) is 5.12. The molecule has 1 N–H and O–H groups in total. The Bertz CT molecular complexity index is 714. The van der Waals surface area contributed by atoms with E-state index in [1.54, 1.807) is 0 Å². The van der Waals surface area contributed by atoms with Gasteiger partial charge in [-0.15, -0.1) is 9.74 Å². The number of nitrogens with zero attached hydrogens (tertiary/aromatic N) is 4. The average Bonchev–Trinajstić information content (AvgIpc) is 2.61. The number of anilines is 2. The van der Waals surface area contributed by atoms with E-state index in [0.29, 0.717) is 0 Å². The Kier molecular flexibility index (Phi) is 4.39. The van der Waals surface area contributed by atoms with Gasteiger partial charge in [-0.05, 0) is 24.3 Å². The minimum absolute atomic E-state index is 0.739. The van der Waals surface area contributed by atoms with Crippen LogP contribution in [-0.2, 0) is 0 Å². The fourth-order valence-electron chi connectivity index (χ4n) is 2.30. The molecular formula is C17H18ClN5. The number of hydrogen-bond acceptors (Lipinski definition) is 5. The van der Waals surface area contributed by atoms with Crippen LogP contribution >= 0.6 is 11.8 Å². The SMILES string of the molecule is CN(C1=CC(N(C)c2ccccc2)=NN(Cl)N1)c1ccccc1. The van der Waals surface area contributed by atoms with Crippen LogP contribution in [0.5, 0.6) is 0 Å². The van der Waals surface area contributed by atoms with Crippen LogP contribution in [0.1, 0.15) is 0 Å². The lowest BCUT2D eigenvalue weighted by molar-refractivity contribution is 0.386. The van der Waals surface area contributed by atoms with Crippen LogP contribution in [0.4, 0.5) is 11.4 Å². The molecule has 0 bridgehead atoms. The molecule has 0 radical (unpaired) electrons. The second kappa shape index (κ2) is 6.62. The first-order valence-corrected chi connectivity index (χ1v) is 7.59. The van der Waals surface area contributed by atoms with Crippen molar-refractivity contribution in [1.29, 1.82) is 0 Å². The molecule has 0 fully saturated rings. The van der Waals surface area contributed by atoms with Crippen LogP contribution < -0.4 is 15.2 Å². The topological polar surface area (TPSA) is 34.1 Å². The minimum Gasteiger partial charge on any atom is -0.330 e. The molecule has 1 aliphatic heterocycles. The van der Waals surface area contributed by atoms with Crippen molar-refractivity contribution in [2.24, 2.45) is 5.10 Å². The van der Waals surface area contributed by atoms with Crippen molar-refractivity contribution < 1.29 is 0 Å². The third-order valence-electron chi connectivity index (χ3n) is 3.65. The summed E-state index contributed by atoms with van der Waals surface area (Å²) in [6.07, 6.45) is 1.96. The van der Waals surface area contributed by atoms with Gasteiger partial charge in [0.1, 0.15) is 5.82 Å².